The molecule has 1 aliphatic heterocycles. The van der Waals surface area contributed by atoms with Gasteiger partial charge in [-0.05, 0) is 18.4 Å². The Hall–Kier alpha value is -2.40. The van der Waals surface area contributed by atoms with E-state index in [0.29, 0.717) is 5.92 Å². The highest BCUT2D eigenvalue weighted by molar-refractivity contribution is 5.49. The minimum absolute atomic E-state index is 0.594. The Kier molecular flexibility index (Phi) is 6.82. The number of nitrogens with zero attached hydrogens (tertiary/aromatic N) is 4. The fraction of sp³-hybridized carbons (Fsp3) is 0.455. The summed E-state index contributed by atoms with van der Waals surface area (Å²) < 4.78 is 0. The van der Waals surface area contributed by atoms with E-state index in [0.717, 1.165) is 56.7 Å². The van der Waals surface area contributed by atoms with Gasteiger partial charge < -0.3 is 10.2 Å². The summed E-state index contributed by atoms with van der Waals surface area (Å²) in [6.45, 7) is 12.3. The van der Waals surface area contributed by atoms with Gasteiger partial charge in [0.1, 0.15) is 5.82 Å². The van der Waals surface area contributed by atoms with Gasteiger partial charge in [0, 0.05) is 51.0 Å². The molecule has 1 aliphatic rings. The van der Waals surface area contributed by atoms with Crippen LogP contribution in [0.25, 0.3) is 6.08 Å². The van der Waals surface area contributed by atoms with E-state index in [4.69, 9.17) is 4.98 Å². The molecular weight excluding hydrogens is 334 g/mol. The van der Waals surface area contributed by atoms with E-state index in [2.05, 4.69) is 70.4 Å². The molecule has 3 rings (SSSR count). The van der Waals surface area contributed by atoms with E-state index in [1.54, 1.807) is 0 Å². The maximum absolute atomic E-state index is 4.73. The number of aryl methyl sites for hydroxylation is 1. The van der Waals surface area contributed by atoms with Crippen LogP contribution >= 0.6 is 0 Å². The van der Waals surface area contributed by atoms with E-state index in [9.17, 15) is 0 Å². The number of rotatable bonds is 7. The Morgan fingerprint density at radius 1 is 1.07 bits per heavy atom. The highest BCUT2D eigenvalue weighted by atomic mass is 15.3. The van der Waals surface area contributed by atoms with Gasteiger partial charge in [-0.2, -0.15) is 4.98 Å². The van der Waals surface area contributed by atoms with Crippen molar-refractivity contribution in [3.05, 3.63) is 53.7 Å². The van der Waals surface area contributed by atoms with Crippen LogP contribution in [0.15, 0.2) is 42.5 Å². The maximum Gasteiger partial charge on any atom is 0.227 e. The maximum atomic E-state index is 4.73. The van der Waals surface area contributed by atoms with Gasteiger partial charge in [0.25, 0.3) is 0 Å². The molecule has 0 radical (unpaired) electrons. The Morgan fingerprint density at radius 3 is 2.52 bits per heavy atom. The molecule has 2 heterocycles. The minimum atomic E-state index is 0.594. The molecule has 0 amide bonds. The van der Waals surface area contributed by atoms with Crippen molar-refractivity contribution >= 4 is 17.8 Å². The van der Waals surface area contributed by atoms with Crippen molar-refractivity contribution in [2.75, 3.05) is 49.5 Å². The second-order valence-corrected chi connectivity index (χ2v) is 7.57. The van der Waals surface area contributed by atoms with Gasteiger partial charge in [0.2, 0.25) is 5.95 Å². The zero-order valence-electron chi connectivity index (χ0n) is 16.7. The lowest BCUT2D eigenvalue weighted by molar-refractivity contribution is 0.283. The third kappa shape index (κ3) is 6.07. The minimum Gasteiger partial charge on any atom is -0.370 e. The molecule has 144 valence electrons. The smallest absolute Gasteiger partial charge is 0.227 e. The molecule has 27 heavy (non-hydrogen) atoms. The lowest BCUT2D eigenvalue weighted by Crippen LogP contribution is -2.47. The molecule has 1 aromatic carbocycles. The van der Waals surface area contributed by atoms with Gasteiger partial charge in [0.05, 0.1) is 0 Å². The second-order valence-electron chi connectivity index (χ2n) is 7.57. The Labute approximate surface area is 163 Å². The molecule has 0 saturated carbocycles. The van der Waals surface area contributed by atoms with Gasteiger partial charge in [-0.3, -0.25) is 4.90 Å². The van der Waals surface area contributed by atoms with Gasteiger partial charge in [-0.15, -0.1) is 0 Å². The second kappa shape index (κ2) is 9.51. The highest BCUT2D eigenvalue weighted by Gasteiger charge is 2.19. The van der Waals surface area contributed by atoms with E-state index in [1.807, 2.05) is 19.1 Å². The molecular formula is C22H31N5. The molecule has 0 unspecified atom stereocenters. The van der Waals surface area contributed by atoms with Crippen LogP contribution in [0.2, 0.25) is 0 Å². The fourth-order valence-electron chi connectivity index (χ4n) is 3.13. The van der Waals surface area contributed by atoms with Crippen LogP contribution in [0.1, 0.15) is 25.1 Å². The molecule has 0 bridgehead atoms. The molecule has 1 saturated heterocycles. The summed E-state index contributed by atoms with van der Waals surface area (Å²) in [6, 6.07) is 12.5. The summed E-state index contributed by atoms with van der Waals surface area (Å²) in [5, 5.41) is 3.42. The van der Waals surface area contributed by atoms with Crippen molar-refractivity contribution in [1.29, 1.82) is 0 Å². The fourth-order valence-corrected chi connectivity index (χ4v) is 3.13. The van der Waals surface area contributed by atoms with Crippen LogP contribution in [0, 0.1) is 12.8 Å². The van der Waals surface area contributed by atoms with E-state index < -0.39 is 0 Å². The van der Waals surface area contributed by atoms with Crippen LogP contribution < -0.4 is 10.2 Å². The summed E-state index contributed by atoms with van der Waals surface area (Å²) in [6.07, 6.45) is 4.45. The third-order valence-electron chi connectivity index (χ3n) is 4.66. The van der Waals surface area contributed by atoms with Crippen molar-refractivity contribution in [3.63, 3.8) is 0 Å². The van der Waals surface area contributed by atoms with Crippen molar-refractivity contribution in [2.24, 2.45) is 5.92 Å². The van der Waals surface area contributed by atoms with Crippen LogP contribution in [-0.4, -0.2) is 54.1 Å². The van der Waals surface area contributed by atoms with Crippen LogP contribution in [0.5, 0.6) is 0 Å². The molecule has 0 atom stereocenters. The number of hydrogen-bond acceptors (Lipinski definition) is 5. The predicted molar refractivity (Wildman–Crippen MR) is 114 cm³/mol. The SMILES string of the molecule is Cc1cc(NCC(C)C)nc(N2CCN(C/C=C/c3ccccc3)CC2)n1. The average molecular weight is 366 g/mol. The first kappa shape index (κ1) is 19.4. The Bertz CT molecular complexity index is 734. The Morgan fingerprint density at radius 2 is 1.81 bits per heavy atom. The highest BCUT2D eigenvalue weighted by Crippen LogP contribution is 2.16. The largest absolute Gasteiger partial charge is 0.370 e. The average Bonchev–Trinajstić information content (AvgIpc) is 2.67. The summed E-state index contributed by atoms with van der Waals surface area (Å²) in [5.41, 5.74) is 2.27. The first-order chi connectivity index (χ1) is 13.1. The van der Waals surface area contributed by atoms with Gasteiger partial charge in [-0.1, -0.05) is 56.3 Å². The summed E-state index contributed by atoms with van der Waals surface area (Å²) >= 11 is 0. The van der Waals surface area contributed by atoms with E-state index in [1.165, 1.54) is 5.56 Å². The third-order valence-corrected chi connectivity index (χ3v) is 4.66. The van der Waals surface area contributed by atoms with E-state index in [-0.39, 0.29) is 0 Å². The predicted octanol–water partition coefficient (Wildman–Crippen LogP) is 3.69. The first-order valence-electron chi connectivity index (χ1n) is 9.88. The molecule has 0 spiro atoms. The zero-order chi connectivity index (χ0) is 19.1. The summed E-state index contributed by atoms with van der Waals surface area (Å²) in [7, 11) is 0. The molecule has 5 nitrogen and oxygen atoms in total. The van der Waals surface area contributed by atoms with E-state index >= 15 is 0 Å². The van der Waals surface area contributed by atoms with Gasteiger partial charge in [-0.25, -0.2) is 4.98 Å². The number of hydrogen-bond donors (Lipinski definition) is 1. The van der Waals surface area contributed by atoms with Crippen molar-refractivity contribution < 1.29 is 0 Å². The topological polar surface area (TPSA) is 44.3 Å². The number of aromatic nitrogens is 2. The van der Waals surface area contributed by atoms with Gasteiger partial charge >= 0.3 is 0 Å². The molecule has 2 aromatic rings. The molecule has 5 heteroatoms. The number of anilines is 2. The van der Waals surface area contributed by atoms with Gasteiger partial charge in [0.15, 0.2) is 0 Å². The molecule has 1 fully saturated rings. The summed E-state index contributed by atoms with van der Waals surface area (Å²) in [5.74, 6) is 2.37. The van der Waals surface area contributed by atoms with Crippen LogP contribution in [-0.2, 0) is 0 Å². The zero-order valence-corrected chi connectivity index (χ0v) is 16.7. The number of nitrogens with one attached hydrogen (secondary N) is 1. The van der Waals surface area contributed by atoms with Crippen molar-refractivity contribution in [2.45, 2.75) is 20.8 Å². The van der Waals surface area contributed by atoms with Crippen LogP contribution in [0.3, 0.4) is 0 Å². The first-order valence-corrected chi connectivity index (χ1v) is 9.88. The summed E-state index contributed by atoms with van der Waals surface area (Å²) in [4.78, 5) is 14.2. The number of piperazine rings is 1. The van der Waals surface area contributed by atoms with Crippen LogP contribution in [0.4, 0.5) is 11.8 Å². The molecule has 1 aromatic heterocycles. The normalized spacial score (nSPS) is 15.6. The quantitative estimate of drug-likeness (QED) is 0.811. The molecule has 1 N–H and O–H groups in total. The Balaban J connectivity index is 1.52. The molecule has 0 aliphatic carbocycles. The number of benzene rings is 1. The van der Waals surface area contributed by atoms with Crippen molar-refractivity contribution in [3.8, 4) is 0 Å². The lowest BCUT2D eigenvalue weighted by atomic mass is 10.2. The van der Waals surface area contributed by atoms with Crippen molar-refractivity contribution in [1.82, 2.24) is 14.9 Å². The monoisotopic (exact) mass is 365 g/mol. The lowest BCUT2D eigenvalue weighted by Gasteiger charge is -2.34. The standard InChI is InChI=1S/C22H31N5/c1-18(2)17-23-21-16-19(3)24-22(25-21)27-14-12-26(13-15-27)11-7-10-20-8-5-4-6-9-20/h4-10,16,18H,11-15,17H2,1-3H3,(H,23,24,25)/b10-7+.